The third-order valence-electron chi connectivity index (χ3n) is 1.42. The number of methoxy groups -OCH3 is 1. The van der Waals surface area contributed by atoms with Gasteiger partial charge in [-0.25, -0.2) is 0 Å². The number of ether oxygens (including phenoxy) is 3. The highest BCUT2D eigenvalue weighted by Crippen LogP contribution is 2.05. The number of hydrogen-bond donors (Lipinski definition) is 0. The third-order valence-corrected chi connectivity index (χ3v) is 1.42. The molecule has 0 amide bonds. The standard InChI is InChI=1S/C9H18O4/c1-5-9(13-8(3)10)12-7(2)6-11-4/h7,9H,5-6H2,1-4H3. The van der Waals surface area contributed by atoms with E-state index in [0.29, 0.717) is 13.0 Å². The summed E-state index contributed by atoms with van der Waals surface area (Å²) in [5, 5.41) is 0. The van der Waals surface area contributed by atoms with Crippen LogP contribution in [0, 0.1) is 0 Å². The Balaban J connectivity index is 3.75. The van der Waals surface area contributed by atoms with Crippen molar-refractivity contribution < 1.29 is 19.0 Å². The molecule has 2 atom stereocenters. The molecule has 0 spiro atoms. The zero-order valence-electron chi connectivity index (χ0n) is 8.70. The van der Waals surface area contributed by atoms with Gasteiger partial charge >= 0.3 is 5.97 Å². The fourth-order valence-electron chi connectivity index (χ4n) is 0.926. The molecule has 0 fully saturated rings. The van der Waals surface area contributed by atoms with Gasteiger partial charge in [-0.3, -0.25) is 4.79 Å². The minimum atomic E-state index is -0.456. The lowest BCUT2D eigenvalue weighted by Gasteiger charge is -2.20. The first-order valence-corrected chi connectivity index (χ1v) is 4.41. The first kappa shape index (κ1) is 12.4. The van der Waals surface area contributed by atoms with E-state index in [0.717, 1.165) is 0 Å². The fourth-order valence-corrected chi connectivity index (χ4v) is 0.926. The van der Waals surface area contributed by atoms with Gasteiger partial charge in [0.25, 0.3) is 0 Å². The molecule has 0 radical (unpaired) electrons. The summed E-state index contributed by atoms with van der Waals surface area (Å²) in [6.45, 7) is 5.63. The first-order chi connectivity index (χ1) is 6.10. The van der Waals surface area contributed by atoms with Crippen molar-refractivity contribution in [1.29, 1.82) is 0 Å². The molecule has 0 aromatic rings. The summed E-state index contributed by atoms with van der Waals surface area (Å²) in [7, 11) is 1.60. The van der Waals surface area contributed by atoms with Gasteiger partial charge in [0.1, 0.15) is 0 Å². The lowest BCUT2D eigenvalue weighted by molar-refractivity contribution is -0.190. The highest BCUT2D eigenvalue weighted by Gasteiger charge is 2.13. The summed E-state index contributed by atoms with van der Waals surface area (Å²) < 4.78 is 15.2. The van der Waals surface area contributed by atoms with Crippen LogP contribution in [0.25, 0.3) is 0 Å². The van der Waals surface area contributed by atoms with E-state index in [1.54, 1.807) is 7.11 Å². The van der Waals surface area contributed by atoms with Crippen LogP contribution in [0.5, 0.6) is 0 Å². The molecule has 2 unspecified atom stereocenters. The van der Waals surface area contributed by atoms with Crippen molar-refractivity contribution >= 4 is 5.97 Å². The number of rotatable bonds is 6. The number of carbonyl (C=O) groups excluding carboxylic acids is 1. The van der Waals surface area contributed by atoms with Gasteiger partial charge in [-0.05, 0) is 6.92 Å². The number of hydrogen-bond acceptors (Lipinski definition) is 4. The van der Waals surface area contributed by atoms with Gasteiger partial charge in [0, 0.05) is 20.5 Å². The van der Waals surface area contributed by atoms with Crippen LogP contribution in [-0.2, 0) is 19.0 Å². The zero-order chi connectivity index (χ0) is 10.3. The van der Waals surface area contributed by atoms with Gasteiger partial charge in [0.2, 0.25) is 6.29 Å². The Kier molecular flexibility index (Phi) is 6.54. The Hall–Kier alpha value is -0.610. The topological polar surface area (TPSA) is 44.8 Å². The van der Waals surface area contributed by atoms with E-state index in [4.69, 9.17) is 14.2 Å². The Bertz CT molecular complexity index is 147. The maximum atomic E-state index is 10.6. The maximum Gasteiger partial charge on any atom is 0.304 e. The highest BCUT2D eigenvalue weighted by atomic mass is 16.7. The molecular weight excluding hydrogens is 172 g/mol. The van der Waals surface area contributed by atoms with E-state index in [-0.39, 0.29) is 12.1 Å². The van der Waals surface area contributed by atoms with Crippen LogP contribution in [0.2, 0.25) is 0 Å². The van der Waals surface area contributed by atoms with Gasteiger partial charge in [0.15, 0.2) is 0 Å². The lowest BCUT2D eigenvalue weighted by atomic mass is 10.4. The molecule has 0 bridgehead atoms. The Labute approximate surface area is 79.2 Å². The average molecular weight is 190 g/mol. The van der Waals surface area contributed by atoms with Crippen molar-refractivity contribution in [2.45, 2.75) is 39.6 Å². The second-order valence-electron chi connectivity index (χ2n) is 2.85. The second kappa shape index (κ2) is 6.86. The maximum absolute atomic E-state index is 10.6. The Morgan fingerprint density at radius 1 is 1.46 bits per heavy atom. The van der Waals surface area contributed by atoms with Crippen molar-refractivity contribution in [3.63, 3.8) is 0 Å². The van der Waals surface area contributed by atoms with E-state index in [1.165, 1.54) is 6.92 Å². The third kappa shape index (κ3) is 6.54. The quantitative estimate of drug-likeness (QED) is 0.468. The molecule has 78 valence electrons. The minimum Gasteiger partial charge on any atom is -0.436 e. The van der Waals surface area contributed by atoms with Gasteiger partial charge in [0.05, 0.1) is 12.7 Å². The summed E-state index contributed by atoms with van der Waals surface area (Å²) in [5.74, 6) is -0.323. The smallest absolute Gasteiger partial charge is 0.304 e. The van der Waals surface area contributed by atoms with Gasteiger partial charge in [-0.2, -0.15) is 0 Å². The molecule has 4 heteroatoms. The first-order valence-electron chi connectivity index (χ1n) is 4.41. The molecule has 0 aromatic heterocycles. The molecule has 4 nitrogen and oxygen atoms in total. The SMILES string of the molecule is CCC(OC(C)=O)OC(C)COC. The molecule has 0 aliphatic rings. The normalized spacial score (nSPS) is 15.1. The predicted octanol–water partition coefficient (Wildman–Crippen LogP) is 1.34. The lowest BCUT2D eigenvalue weighted by Crippen LogP contribution is -2.26. The zero-order valence-corrected chi connectivity index (χ0v) is 8.70. The largest absolute Gasteiger partial charge is 0.436 e. The van der Waals surface area contributed by atoms with Crippen LogP contribution >= 0.6 is 0 Å². The summed E-state index contributed by atoms with van der Waals surface area (Å²) >= 11 is 0. The highest BCUT2D eigenvalue weighted by molar-refractivity contribution is 5.66. The monoisotopic (exact) mass is 190 g/mol. The fraction of sp³-hybridized carbons (Fsp3) is 0.889. The molecule has 0 saturated heterocycles. The molecular formula is C9H18O4. The van der Waals surface area contributed by atoms with Crippen LogP contribution in [0.3, 0.4) is 0 Å². The predicted molar refractivity (Wildman–Crippen MR) is 48.3 cm³/mol. The Morgan fingerprint density at radius 2 is 2.08 bits per heavy atom. The van der Waals surface area contributed by atoms with E-state index >= 15 is 0 Å². The van der Waals surface area contributed by atoms with Crippen LogP contribution in [0.15, 0.2) is 0 Å². The molecule has 0 aliphatic carbocycles. The Morgan fingerprint density at radius 3 is 2.46 bits per heavy atom. The van der Waals surface area contributed by atoms with E-state index in [2.05, 4.69) is 0 Å². The molecule has 0 aliphatic heterocycles. The van der Waals surface area contributed by atoms with Crippen molar-refractivity contribution in [3.8, 4) is 0 Å². The van der Waals surface area contributed by atoms with E-state index in [1.807, 2.05) is 13.8 Å². The van der Waals surface area contributed by atoms with Crippen LogP contribution in [-0.4, -0.2) is 32.1 Å². The second-order valence-corrected chi connectivity index (χ2v) is 2.85. The number of esters is 1. The van der Waals surface area contributed by atoms with Crippen molar-refractivity contribution in [1.82, 2.24) is 0 Å². The molecule has 0 aromatic carbocycles. The van der Waals surface area contributed by atoms with Crippen LogP contribution in [0.1, 0.15) is 27.2 Å². The summed E-state index contributed by atoms with van der Waals surface area (Å²) in [6.07, 6.45) is 0.130. The summed E-state index contributed by atoms with van der Waals surface area (Å²) in [6, 6.07) is 0. The van der Waals surface area contributed by atoms with Crippen LogP contribution < -0.4 is 0 Å². The molecule has 0 N–H and O–H groups in total. The van der Waals surface area contributed by atoms with Crippen molar-refractivity contribution in [2.24, 2.45) is 0 Å². The average Bonchev–Trinajstić information content (AvgIpc) is 2.02. The van der Waals surface area contributed by atoms with Crippen LogP contribution in [0.4, 0.5) is 0 Å². The summed E-state index contributed by atoms with van der Waals surface area (Å²) in [5.41, 5.74) is 0. The molecule has 13 heavy (non-hydrogen) atoms. The van der Waals surface area contributed by atoms with Crippen molar-refractivity contribution in [2.75, 3.05) is 13.7 Å². The van der Waals surface area contributed by atoms with Crippen molar-refractivity contribution in [3.05, 3.63) is 0 Å². The molecule has 0 heterocycles. The number of carbonyl (C=O) groups is 1. The summed E-state index contributed by atoms with van der Waals surface area (Å²) in [4.78, 5) is 10.6. The van der Waals surface area contributed by atoms with Gasteiger partial charge in [-0.1, -0.05) is 6.92 Å². The molecule has 0 saturated carbocycles. The van der Waals surface area contributed by atoms with Gasteiger partial charge in [-0.15, -0.1) is 0 Å². The minimum absolute atomic E-state index is 0.0608. The van der Waals surface area contributed by atoms with E-state index < -0.39 is 6.29 Å². The van der Waals surface area contributed by atoms with E-state index in [9.17, 15) is 4.79 Å². The van der Waals surface area contributed by atoms with Gasteiger partial charge < -0.3 is 14.2 Å². The molecule has 0 rings (SSSR count).